The van der Waals surface area contributed by atoms with Crippen LogP contribution in [0.1, 0.15) is 35.6 Å². The Balaban J connectivity index is 0.00000338. The maximum absolute atomic E-state index is 12.6. The first kappa shape index (κ1) is 22.1. The van der Waals surface area contributed by atoms with Gasteiger partial charge in [0.15, 0.2) is 5.60 Å². The Bertz CT molecular complexity index is 708. The maximum Gasteiger partial charge on any atom is 0.263 e. The van der Waals surface area contributed by atoms with Crippen LogP contribution in [0.5, 0.6) is 11.5 Å². The standard InChI is InChI=1S/C18H27N3O4.ClH/c1-10-11(2)16-13(12(3)15(10)23)5-6-18(4,25-16)17(24)21-8-7-20-14(22)9-19;/h23H,5-9,19H2,1-4H3,(H,20,22)(H,21,24);1H. The molecule has 146 valence electrons. The smallest absolute Gasteiger partial charge is 0.263 e. The number of carbonyl (C=O) groups excluding carboxylic acids is 2. The van der Waals surface area contributed by atoms with Crippen molar-refractivity contribution in [2.75, 3.05) is 19.6 Å². The molecular formula is C18H28ClN3O4. The van der Waals surface area contributed by atoms with E-state index >= 15 is 0 Å². The van der Waals surface area contributed by atoms with Gasteiger partial charge >= 0.3 is 0 Å². The molecule has 1 atom stereocenters. The third kappa shape index (κ3) is 4.22. The SMILES string of the molecule is Cc1c(C)c2c(c(C)c1O)CCC(C)(C(=O)NCCNC(=O)CN)O2.Cl. The summed E-state index contributed by atoms with van der Waals surface area (Å²) in [5.74, 6) is 0.504. The molecule has 7 nitrogen and oxygen atoms in total. The molecule has 0 aromatic heterocycles. The van der Waals surface area contributed by atoms with E-state index in [1.54, 1.807) is 6.92 Å². The number of benzene rings is 1. The number of rotatable bonds is 5. The number of hydrogen-bond donors (Lipinski definition) is 4. The highest BCUT2D eigenvalue weighted by Crippen LogP contribution is 2.43. The van der Waals surface area contributed by atoms with Gasteiger partial charge in [-0.25, -0.2) is 0 Å². The number of nitrogens with one attached hydrogen (secondary N) is 2. The fourth-order valence-corrected chi connectivity index (χ4v) is 3.04. The normalized spacial score (nSPS) is 18.2. The molecule has 26 heavy (non-hydrogen) atoms. The number of hydrogen-bond acceptors (Lipinski definition) is 5. The van der Waals surface area contributed by atoms with Crippen LogP contribution in [-0.2, 0) is 16.0 Å². The van der Waals surface area contributed by atoms with Crippen LogP contribution in [0.2, 0.25) is 0 Å². The van der Waals surface area contributed by atoms with E-state index in [-0.39, 0.29) is 30.8 Å². The minimum Gasteiger partial charge on any atom is -0.507 e. The minimum absolute atomic E-state index is 0. The summed E-state index contributed by atoms with van der Waals surface area (Å²) in [7, 11) is 0. The van der Waals surface area contributed by atoms with Crippen LogP contribution in [0.25, 0.3) is 0 Å². The van der Waals surface area contributed by atoms with Crippen molar-refractivity contribution in [3.63, 3.8) is 0 Å². The highest BCUT2D eigenvalue weighted by atomic mass is 35.5. The molecule has 1 aliphatic heterocycles. The number of carbonyl (C=O) groups is 2. The Hall–Kier alpha value is -1.99. The zero-order valence-corrected chi connectivity index (χ0v) is 16.5. The summed E-state index contributed by atoms with van der Waals surface area (Å²) in [6.45, 7) is 7.92. The molecule has 1 unspecified atom stereocenters. The molecule has 1 aromatic rings. The molecular weight excluding hydrogens is 358 g/mol. The van der Waals surface area contributed by atoms with Crippen molar-refractivity contribution in [3.05, 3.63) is 22.3 Å². The molecule has 1 aliphatic rings. The van der Waals surface area contributed by atoms with Gasteiger partial charge in [-0.2, -0.15) is 0 Å². The van der Waals surface area contributed by atoms with Gasteiger partial charge in [0.05, 0.1) is 6.54 Å². The van der Waals surface area contributed by atoms with Crippen LogP contribution in [0.3, 0.4) is 0 Å². The minimum atomic E-state index is -0.981. The number of phenols is 1. The lowest BCUT2D eigenvalue weighted by atomic mass is 9.86. The van der Waals surface area contributed by atoms with Gasteiger partial charge in [0, 0.05) is 25.1 Å². The van der Waals surface area contributed by atoms with Crippen molar-refractivity contribution in [2.45, 2.75) is 46.1 Å². The number of amides is 2. The second-order valence-electron chi connectivity index (χ2n) is 6.67. The van der Waals surface area contributed by atoms with E-state index in [0.29, 0.717) is 37.4 Å². The highest BCUT2D eigenvalue weighted by molar-refractivity contribution is 5.86. The fraction of sp³-hybridized carbons (Fsp3) is 0.556. The maximum atomic E-state index is 12.6. The van der Waals surface area contributed by atoms with E-state index in [2.05, 4.69) is 10.6 Å². The molecule has 0 saturated heterocycles. The Kier molecular flexibility index (Phi) is 7.29. The van der Waals surface area contributed by atoms with Crippen molar-refractivity contribution in [3.8, 4) is 11.5 Å². The van der Waals surface area contributed by atoms with Gasteiger partial charge in [0.2, 0.25) is 5.91 Å². The van der Waals surface area contributed by atoms with Gasteiger partial charge in [-0.1, -0.05) is 0 Å². The van der Waals surface area contributed by atoms with Crippen LogP contribution < -0.4 is 21.1 Å². The molecule has 0 saturated carbocycles. The van der Waals surface area contributed by atoms with E-state index in [0.717, 1.165) is 22.3 Å². The topological polar surface area (TPSA) is 114 Å². The number of halogens is 1. The summed E-state index contributed by atoms with van der Waals surface area (Å²) in [6.07, 6.45) is 1.17. The zero-order valence-electron chi connectivity index (χ0n) is 15.7. The summed E-state index contributed by atoms with van der Waals surface area (Å²) in [5, 5.41) is 15.6. The Labute approximate surface area is 160 Å². The summed E-state index contributed by atoms with van der Waals surface area (Å²) >= 11 is 0. The summed E-state index contributed by atoms with van der Waals surface area (Å²) in [4.78, 5) is 23.7. The highest BCUT2D eigenvalue weighted by Gasteiger charge is 2.40. The molecule has 2 amide bonds. The monoisotopic (exact) mass is 385 g/mol. The second-order valence-corrected chi connectivity index (χ2v) is 6.67. The molecule has 0 fully saturated rings. The third-order valence-corrected chi connectivity index (χ3v) is 4.92. The van der Waals surface area contributed by atoms with Crippen LogP contribution in [0.15, 0.2) is 0 Å². The quantitative estimate of drug-likeness (QED) is 0.565. The van der Waals surface area contributed by atoms with Crippen molar-refractivity contribution in [1.29, 1.82) is 0 Å². The molecule has 0 aliphatic carbocycles. The molecule has 5 N–H and O–H groups in total. The molecule has 2 rings (SSSR count). The number of fused-ring (bicyclic) bond motifs is 1. The molecule has 1 aromatic carbocycles. The summed E-state index contributed by atoms with van der Waals surface area (Å²) in [5.41, 5.74) is 7.62. The number of ether oxygens (including phenoxy) is 1. The van der Waals surface area contributed by atoms with Crippen molar-refractivity contribution < 1.29 is 19.4 Å². The van der Waals surface area contributed by atoms with Crippen LogP contribution in [0.4, 0.5) is 0 Å². The van der Waals surface area contributed by atoms with Gasteiger partial charge in [-0.15, -0.1) is 12.4 Å². The summed E-state index contributed by atoms with van der Waals surface area (Å²) < 4.78 is 6.10. The molecule has 0 bridgehead atoms. The van der Waals surface area contributed by atoms with Crippen molar-refractivity contribution in [1.82, 2.24) is 10.6 Å². The molecule has 8 heteroatoms. The molecule has 0 spiro atoms. The second kappa shape index (κ2) is 8.60. The Morgan fingerprint density at radius 2 is 1.77 bits per heavy atom. The predicted octanol–water partition coefficient (Wildman–Crippen LogP) is 1.01. The van der Waals surface area contributed by atoms with Crippen LogP contribution >= 0.6 is 12.4 Å². The van der Waals surface area contributed by atoms with Crippen LogP contribution in [-0.4, -0.2) is 42.2 Å². The Morgan fingerprint density at radius 1 is 1.15 bits per heavy atom. The lowest BCUT2D eigenvalue weighted by molar-refractivity contribution is -0.137. The first-order valence-corrected chi connectivity index (χ1v) is 8.47. The third-order valence-electron chi connectivity index (χ3n) is 4.92. The largest absolute Gasteiger partial charge is 0.507 e. The van der Waals surface area contributed by atoms with E-state index < -0.39 is 5.60 Å². The fourth-order valence-electron chi connectivity index (χ4n) is 3.04. The van der Waals surface area contributed by atoms with E-state index in [1.165, 1.54) is 0 Å². The average molecular weight is 386 g/mol. The summed E-state index contributed by atoms with van der Waals surface area (Å²) in [6, 6.07) is 0. The molecule has 0 radical (unpaired) electrons. The first-order chi connectivity index (χ1) is 11.7. The number of phenolic OH excluding ortho intramolecular Hbond substituents is 1. The number of nitrogens with two attached hydrogens (primary N) is 1. The van der Waals surface area contributed by atoms with Crippen LogP contribution in [0, 0.1) is 20.8 Å². The van der Waals surface area contributed by atoms with Crippen molar-refractivity contribution in [2.24, 2.45) is 5.73 Å². The zero-order chi connectivity index (χ0) is 18.8. The predicted molar refractivity (Wildman–Crippen MR) is 102 cm³/mol. The van der Waals surface area contributed by atoms with Gasteiger partial charge in [0.25, 0.3) is 5.91 Å². The Morgan fingerprint density at radius 3 is 2.38 bits per heavy atom. The van der Waals surface area contributed by atoms with E-state index in [9.17, 15) is 14.7 Å². The number of aromatic hydroxyl groups is 1. The van der Waals surface area contributed by atoms with Gasteiger partial charge in [-0.05, 0) is 50.8 Å². The lowest BCUT2D eigenvalue weighted by Gasteiger charge is -2.36. The van der Waals surface area contributed by atoms with E-state index in [4.69, 9.17) is 10.5 Å². The lowest BCUT2D eigenvalue weighted by Crippen LogP contribution is -2.52. The average Bonchev–Trinajstić information content (AvgIpc) is 2.61. The van der Waals surface area contributed by atoms with E-state index in [1.807, 2.05) is 20.8 Å². The van der Waals surface area contributed by atoms with Gasteiger partial charge in [-0.3, -0.25) is 9.59 Å². The molecule has 1 heterocycles. The van der Waals surface area contributed by atoms with Crippen molar-refractivity contribution >= 4 is 24.2 Å². The van der Waals surface area contributed by atoms with Gasteiger partial charge < -0.3 is 26.2 Å². The van der Waals surface area contributed by atoms with Gasteiger partial charge in [0.1, 0.15) is 11.5 Å². The first-order valence-electron chi connectivity index (χ1n) is 8.47.